The molecular formula is C27H24N4O3. The van der Waals surface area contributed by atoms with Crippen molar-refractivity contribution in [2.24, 2.45) is 14.1 Å². The first-order valence-corrected chi connectivity index (χ1v) is 10.7. The molecule has 1 heterocycles. The molecular weight excluding hydrogens is 428 g/mol. The van der Waals surface area contributed by atoms with Gasteiger partial charge in [0.25, 0.3) is 5.56 Å². The normalized spacial score (nSPS) is 11.3. The van der Waals surface area contributed by atoms with Gasteiger partial charge in [-0.2, -0.15) is 0 Å². The van der Waals surface area contributed by atoms with Crippen LogP contribution < -0.4 is 22.3 Å². The van der Waals surface area contributed by atoms with E-state index in [-0.39, 0.29) is 17.3 Å². The Morgan fingerprint density at radius 3 is 1.94 bits per heavy atom. The monoisotopic (exact) mass is 452 g/mol. The molecule has 4 aromatic rings. The van der Waals surface area contributed by atoms with E-state index in [0.29, 0.717) is 16.8 Å². The minimum Gasteiger partial charge on any atom is -0.383 e. The van der Waals surface area contributed by atoms with E-state index in [0.717, 1.165) is 15.7 Å². The van der Waals surface area contributed by atoms with E-state index in [2.05, 4.69) is 5.32 Å². The summed E-state index contributed by atoms with van der Waals surface area (Å²) in [6.45, 7) is 0. The second kappa shape index (κ2) is 9.46. The highest BCUT2D eigenvalue weighted by atomic mass is 16.2. The van der Waals surface area contributed by atoms with Crippen LogP contribution in [0.5, 0.6) is 0 Å². The maximum atomic E-state index is 13.0. The highest BCUT2D eigenvalue weighted by Crippen LogP contribution is 2.25. The van der Waals surface area contributed by atoms with E-state index in [1.54, 1.807) is 24.3 Å². The van der Waals surface area contributed by atoms with Crippen LogP contribution in [0.1, 0.15) is 15.9 Å². The van der Waals surface area contributed by atoms with Gasteiger partial charge in [0.2, 0.25) is 0 Å². The summed E-state index contributed by atoms with van der Waals surface area (Å²) in [5.41, 5.74) is 8.63. The molecule has 0 saturated carbocycles. The molecule has 170 valence electrons. The Bertz CT molecular complexity index is 1480. The highest BCUT2D eigenvalue weighted by Gasteiger charge is 2.16. The van der Waals surface area contributed by atoms with Crippen LogP contribution in [0, 0.1) is 0 Å². The van der Waals surface area contributed by atoms with Gasteiger partial charge in [-0.15, -0.1) is 0 Å². The number of nitrogens with zero attached hydrogens (tertiary/aromatic N) is 2. The molecule has 0 aliphatic rings. The van der Waals surface area contributed by atoms with Gasteiger partial charge in [0.15, 0.2) is 5.78 Å². The summed E-state index contributed by atoms with van der Waals surface area (Å²) in [5, 5.41) is 3.02. The van der Waals surface area contributed by atoms with Crippen LogP contribution in [-0.2, 0) is 14.1 Å². The molecule has 34 heavy (non-hydrogen) atoms. The van der Waals surface area contributed by atoms with Crippen molar-refractivity contribution in [1.29, 1.82) is 0 Å². The van der Waals surface area contributed by atoms with Crippen LogP contribution in [0.25, 0.3) is 16.8 Å². The first-order chi connectivity index (χ1) is 16.4. The molecule has 0 spiro atoms. The van der Waals surface area contributed by atoms with E-state index in [1.165, 1.54) is 24.7 Å². The zero-order valence-electron chi connectivity index (χ0n) is 18.9. The molecule has 0 bridgehead atoms. The third-order valence-electron chi connectivity index (χ3n) is 5.61. The molecule has 4 rings (SSSR count). The number of allylic oxidation sites excluding steroid dienone is 1. The van der Waals surface area contributed by atoms with Crippen molar-refractivity contribution in [2.45, 2.75) is 0 Å². The largest absolute Gasteiger partial charge is 0.383 e. The van der Waals surface area contributed by atoms with Crippen molar-refractivity contribution in [2.75, 3.05) is 11.1 Å². The summed E-state index contributed by atoms with van der Waals surface area (Å²) in [6.07, 6.45) is 1.43. The van der Waals surface area contributed by atoms with Gasteiger partial charge in [-0.05, 0) is 16.7 Å². The molecule has 0 saturated heterocycles. The summed E-state index contributed by atoms with van der Waals surface area (Å²) in [5.74, 6) is -0.262. The molecule has 0 amide bonds. The third kappa shape index (κ3) is 4.45. The maximum absolute atomic E-state index is 13.0. The number of aromatic nitrogens is 2. The average molecular weight is 453 g/mol. The summed E-state index contributed by atoms with van der Waals surface area (Å²) >= 11 is 0. The van der Waals surface area contributed by atoms with Crippen LogP contribution in [0.15, 0.2) is 101 Å². The third-order valence-corrected chi connectivity index (χ3v) is 5.61. The Hall–Kier alpha value is -4.65. The lowest BCUT2D eigenvalue weighted by molar-refractivity contribution is 0.104. The highest BCUT2D eigenvalue weighted by molar-refractivity contribution is 6.09. The number of carbonyl (C=O) groups is 1. The lowest BCUT2D eigenvalue weighted by Crippen LogP contribution is -2.39. The number of hydrogen-bond donors (Lipinski definition) is 2. The maximum Gasteiger partial charge on any atom is 0.332 e. The van der Waals surface area contributed by atoms with E-state index in [1.807, 2.05) is 60.7 Å². The lowest BCUT2D eigenvalue weighted by atomic mass is 10.0. The molecule has 3 aromatic carbocycles. The average Bonchev–Trinajstić information content (AvgIpc) is 2.89. The second-order valence-electron chi connectivity index (χ2n) is 7.82. The number of ketones is 1. The van der Waals surface area contributed by atoms with Crippen molar-refractivity contribution in [3.8, 4) is 11.1 Å². The number of anilines is 2. The fraction of sp³-hybridized carbons (Fsp3) is 0.0741. The van der Waals surface area contributed by atoms with E-state index < -0.39 is 11.2 Å². The number of rotatable bonds is 6. The Morgan fingerprint density at radius 2 is 1.32 bits per heavy atom. The molecule has 7 heteroatoms. The van der Waals surface area contributed by atoms with Gasteiger partial charge in [0, 0.05) is 31.4 Å². The Balaban J connectivity index is 1.80. The van der Waals surface area contributed by atoms with Gasteiger partial charge >= 0.3 is 5.69 Å². The van der Waals surface area contributed by atoms with E-state index >= 15 is 0 Å². The predicted molar refractivity (Wildman–Crippen MR) is 136 cm³/mol. The molecule has 1 aromatic heterocycles. The van der Waals surface area contributed by atoms with Crippen LogP contribution >= 0.6 is 0 Å². The van der Waals surface area contributed by atoms with Gasteiger partial charge in [-0.3, -0.25) is 18.7 Å². The van der Waals surface area contributed by atoms with Crippen molar-refractivity contribution >= 4 is 23.0 Å². The van der Waals surface area contributed by atoms with Crippen molar-refractivity contribution in [1.82, 2.24) is 9.13 Å². The van der Waals surface area contributed by atoms with Gasteiger partial charge in [0.1, 0.15) is 11.5 Å². The van der Waals surface area contributed by atoms with Crippen LogP contribution in [-0.4, -0.2) is 14.9 Å². The zero-order valence-corrected chi connectivity index (χ0v) is 18.9. The molecule has 0 fully saturated rings. The number of hydrogen-bond acceptors (Lipinski definition) is 5. The molecule has 0 unspecified atom stereocenters. The fourth-order valence-electron chi connectivity index (χ4n) is 3.59. The van der Waals surface area contributed by atoms with E-state index in [4.69, 9.17) is 5.73 Å². The lowest BCUT2D eigenvalue weighted by Gasteiger charge is -2.16. The van der Waals surface area contributed by atoms with Crippen LogP contribution in [0.4, 0.5) is 11.5 Å². The van der Waals surface area contributed by atoms with Gasteiger partial charge in [-0.25, -0.2) is 4.79 Å². The minimum absolute atomic E-state index is 0.0175. The van der Waals surface area contributed by atoms with E-state index in [9.17, 15) is 14.4 Å². The van der Waals surface area contributed by atoms with Gasteiger partial charge in [-0.1, -0.05) is 84.9 Å². The SMILES string of the molecule is Cn1c(N)c(N/C(=C/C(=O)c2ccccc2)c2ccc(-c3ccccc3)cc2)c(=O)n(C)c1=O. The fourth-order valence-corrected chi connectivity index (χ4v) is 3.59. The van der Waals surface area contributed by atoms with Crippen LogP contribution in [0.2, 0.25) is 0 Å². The Labute approximate surface area is 196 Å². The van der Waals surface area contributed by atoms with Crippen molar-refractivity contribution in [3.63, 3.8) is 0 Å². The topological polar surface area (TPSA) is 99.1 Å². The summed E-state index contributed by atoms with van der Waals surface area (Å²) in [6, 6.07) is 26.3. The molecule has 0 aliphatic carbocycles. The number of nitrogen functional groups attached to an aromatic ring is 1. The number of benzene rings is 3. The number of nitrogens with two attached hydrogens (primary N) is 1. The molecule has 0 atom stereocenters. The summed E-state index contributed by atoms with van der Waals surface area (Å²) < 4.78 is 2.15. The zero-order chi connectivity index (χ0) is 24.2. The standard InChI is InChI=1S/C27H24N4O3/c1-30-25(28)24(26(33)31(2)27(30)34)29-22(17-23(32)21-11-7-4-8-12-21)20-15-13-19(14-16-20)18-9-5-3-6-10-18/h3-17,29H,28H2,1-2H3/b22-17+. The van der Waals surface area contributed by atoms with Gasteiger partial charge in [0.05, 0.1) is 0 Å². The molecule has 3 N–H and O–H groups in total. The first-order valence-electron chi connectivity index (χ1n) is 10.7. The first kappa shape index (κ1) is 22.5. The predicted octanol–water partition coefficient (Wildman–Crippen LogP) is 3.67. The number of carbonyl (C=O) groups excluding carboxylic acids is 1. The molecule has 7 nitrogen and oxygen atoms in total. The summed E-state index contributed by atoms with van der Waals surface area (Å²) in [7, 11) is 2.86. The second-order valence-corrected chi connectivity index (χ2v) is 7.82. The quantitative estimate of drug-likeness (QED) is 0.344. The minimum atomic E-state index is -0.584. The van der Waals surface area contributed by atoms with Crippen LogP contribution in [0.3, 0.4) is 0 Å². The molecule has 0 aliphatic heterocycles. The van der Waals surface area contributed by atoms with Crippen molar-refractivity contribution in [3.05, 3.63) is 123 Å². The molecule has 0 radical (unpaired) electrons. The Kier molecular flexibility index (Phi) is 6.27. The summed E-state index contributed by atoms with van der Waals surface area (Å²) in [4.78, 5) is 38.0. The smallest absolute Gasteiger partial charge is 0.332 e. The number of nitrogens with one attached hydrogen (secondary N) is 1. The Morgan fingerprint density at radius 1 is 0.765 bits per heavy atom. The van der Waals surface area contributed by atoms with Crippen molar-refractivity contribution < 1.29 is 4.79 Å². The van der Waals surface area contributed by atoms with Gasteiger partial charge < -0.3 is 11.1 Å².